The Morgan fingerprint density at radius 3 is 2.11 bits per heavy atom. The number of amides is 2. The molecule has 0 spiro atoms. The Bertz CT molecular complexity index is 1020. The monoisotopic (exact) mass is 498 g/mol. The van der Waals surface area contributed by atoms with Crippen LogP contribution in [0.15, 0.2) is 48.5 Å². The Labute approximate surface area is 211 Å². The normalized spacial score (nSPS) is 14.4. The minimum atomic E-state index is -1.03. The molecule has 2 atom stereocenters. The number of hydrogen-bond acceptors (Lipinski definition) is 5. The Morgan fingerprint density at radius 1 is 1.00 bits per heavy atom. The van der Waals surface area contributed by atoms with E-state index >= 15 is 0 Å². The van der Waals surface area contributed by atoms with Gasteiger partial charge in [0.2, 0.25) is 5.91 Å². The van der Waals surface area contributed by atoms with E-state index in [2.05, 4.69) is 43.5 Å². The molecule has 35 heavy (non-hydrogen) atoms. The van der Waals surface area contributed by atoms with E-state index in [4.69, 9.17) is 9.84 Å². The van der Waals surface area contributed by atoms with Crippen LogP contribution in [0.3, 0.4) is 0 Å². The summed E-state index contributed by atoms with van der Waals surface area (Å²) in [5, 5.41) is 14.5. The quantitative estimate of drug-likeness (QED) is 0.435. The number of carboxylic acids is 1. The summed E-state index contributed by atoms with van der Waals surface area (Å²) >= 11 is 1.72. The highest BCUT2D eigenvalue weighted by molar-refractivity contribution is 8.00. The fourth-order valence-corrected chi connectivity index (χ4v) is 4.91. The number of carbonyl (C=O) groups is 3. The molecule has 3 N–H and O–H groups in total. The van der Waals surface area contributed by atoms with Gasteiger partial charge in [0.05, 0.1) is 0 Å². The van der Waals surface area contributed by atoms with Crippen LogP contribution in [0.2, 0.25) is 0 Å². The zero-order valence-corrected chi connectivity index (χ0v) is 21.5. The Morgan fingerprint density at radius 2 is 1.57 bits per heavy atom. The third kappa shape index (κ3) is 7.49. The summed E-state index contributed by atoms with van der Waals surface area (Å²) in [6.45, 7) is 8.30. The van der Waals surface area contributed by atoms with E-state index in [1.54, 1.807) is 11.8 Å². The molecule has 0 bridgehead atoms. The highest BCUT2D eigenvalue weighted by atomic mass is 32.2. The van der Waals surface area contributed by atoms with Gasteiger partial charge in [-0.05, 0) is 35.6 Å². The van der Waals surface area contributed by atoms with E-state index in [1.165, 1.54) is 0 Å². The highest BCUT2D eigenvalue weighted by Crippen LogP contribution is 2.44. The molecule has 8 heteroatoms. The molecule has 3 rings (SSSR count). The molecule has 1 aliphatic carbocycles. The van der Waals surface area contributed by atoms with Gasteiger partial charge in [-0.1, -0.05) is 69.3 Å². The summed E-state index contributed by atoms with van der Waals surface area (Å²) in [7, 11) is 0. The van der Waals surface area contributed by atoms with Gasteiger partial charge >= 0.3 is 12.1 Å². The van der Waals surface area contributed by atoms with Gasteiger partial charge in [0.1, 0.15) is 12.6 Å². The summed E-state index contributed by atoms with van der Waals surface area (Å²) < 4.78 is 5.60. The van der Waals surface area contributed by atoms with Crippen LogP contribution in [0.1, 0.15) is 57.6 Å². The highest BCUT2D eigenvalue weighted by Gasteiger charge is 2.30. The molecule has 0 saturated carbocycles. The van der Waals surface area contributed by atoms with Gasteiger partial charge in [-0.15, -0.1) is 0 Å². The number of rotatable bonds is 10. The van der Waals surface area contributed by atoms with E-state index in [0.29, 0.717) is 5.75 Å². The number of ether oxygens (including phenoxy) is 1. The van der Waals surface area contributed by atoms with Crippen LogP contribution in [0.25, 0.3) is 11.1 Å². The first-order valence-electron chi connectivity index (χ1n) is 11.8. The lowest BCUT2D eigenvalue weighted by atomic mass is 9.98. The molecule has 0 aliphatic heterocycles. The number of alkyl carbamates (subject to hydrolysis) is 1. The van der Waals surface area contributed by atoms with E-state index in [-0.39, 0.29) is 36.2 Å². The SMILES string of the molecule is CC(CSC(C)(C)C)NC(=O)C(CCC(=O)O)NC(=O)OCC1c2ccccc2-c2ccccc21. The lowest BCUT2D eigenvalue weighted by Gasteiger charge is -2.24. The fraction of sp³-hybridized carbons (Fsp3) is 0.444. The number of nitrogens with one attached hydrogen (secondary N) is 2. The second-order valence-electron chi connectivity index (χ2n) is 9.79. The Balaban J connectivity index is 1.61. The van der Waals surface area contributed by atoms with Gasteiger partial charge in [0.25, 0.3) is 0 Å². The molecule has 2 unspecified atom stereocenters. The van der Waals surface area contributed by atoms with Gasteiger partial charge in [0, 0.05) is 28.9 Å². The average Bonchev–Trinajstić information content (AvgIpc) is 3.12. The molecule has 0 fully saturated rings. The first kappa shape index (κ1) is 26.6. The van der Waals surface area contributed by atoms with Crippen molar-refractivity contribution in [2.24, 2.45) is 0 Å². The van der Waals surface area contributed by atoms with Crippen molar-refractivity contribution in [3.8, 4) is 11.1 Å². The first-order valence-corrected chi connectivity index (χ1v) is 12.8. The first-order chi connectivity index (χ1) is 16.5. The molecule has 0 radical (unpaired) electrons. The van der Waals surface area contributed by atoms with Crippen molar-refractivity contribution in [1.82, 2.24) is 10.6 Å². The van der Waals surface area contributed by atoms with Crippen LogP contribution in [0.5, 0.6) is 0 Å². The summed E-state index contributed by atoms with van der Waals surface area (Å²) in [4.78, 5) is 36.6. The largest absolute Gasteiger partial charge is 0.481 e. The Kier molecular flexibility index (Phi) is 8.83. The minimum Gasteiger partial charge on any atom is -0.481 e. The van der Waals surface area contributed by atoms with Gasteiger partial charge < -0.3 is 20.5 Å². The number of benzene rings is 2. The summed E-state index contributed by atoms with van der Waals surface area (Å²) in [5.74, 6) is -0.851. The number of carboxylic acid groups (broad SMARTS) is 1. The van der Waals surface area contributed by atoms with Gasteiger partial charge in [-0.3, -0.25) is 9.59 Å². The van der Waals surface area contributed by atoms with Gasteiger partial charge in [-0.25, -0.2) is 4.79 Å². The van der Waals surface area contributed by atoms with Crippen LogP contribution >= 0.6 is 11.8 Å². The summed E-state index contributed by atoms with van der Waals surface area (Å²) in [6, 6.07) is 14.9. The zero-order valence-electron chi connectivity index (χ0n) is 20.7. The molecule has 7 nitrogen and oxygen atoms in total. The minimum absolute atomic E-state index is 0.0233. The molecular weight excluding hydrogens is 464 g/mol. The predicted octanol–water partition coefficient (Wildman–Crippen LogP) is 4.79. The van der Waals surface area contributed by atoms with Gasteiger partial charge in [0.15, 0.2) is 0 Å². The number of aliphatic carboxylic acids is 1. The maximum atomic E-state index is 12.8. The standard InChI is InChI=1S/C27H34N2O5S/c1-17(16-35-27(2,3)4)28-25(32)23(13-14-24(30)31)29-26(33)34-15-22-20-11-7-5-9-18(20)19-10-6-8-12-21(19)22/h5-12,17,22-23H,13-16H2,1-4H3,(H,28,32)(H,29,33)(H,30,31). The maximum absolute atomic E-state index is 12.8. The zero-order chi connectivity index (χ0) is 25.6. The number of thioether (sulfide) groups is 1. The molecule has 1 aliphatic rings. The van der Waals surface area contributed by atoms with Crippen LogP contribution in [0, 0.1) is 0 Å². The predicted molar refractivity (Wildman–Crippen MR) is 139 cm³/mol. The summed E-state index contributed by atoms with van der Waals surface area (Å²) in [5.41, 5.74) is 4.43. The van der Waals surface area contributed by atoms with Crippen LogP contribution < -0.4 is 10.6 Å². The lowest BCUT2D eigenvalue weighted by molar-refractivity contribution is -0.137. The average molecular weight is 499 g/mol. The maximum Gasteiger partial charge on any atom is 0.407 e. The topological polar surface area (TPSA) is 105 Å². The molecular formula is C27H34N2O5S. The fourth-order valence-electron chi connectivity index (χ4n) is 4.08. The van der Waals surface area contributed by atoms with E-state index in [0.717, 1.165) is 22.3 Å². The number of carbonyl (C=O) groups excluding carboxylic acids is 2. The van der Waals surface area contributed by atoms with Crippen LogP contribution in [0.4, 0.5) is 4.79 Å². The Hall–Kier alpha value is -3.00. The van der Waals surface area contributed by atoms with Crippen molar-refractivity contribution in [3.63, 3.8) is 0 Å². The molecule has 0 saturated heterocycles. The molecule has 2 amide bonds. The second kappa shape index (κ2) is 11.6. The summed E-state index contributed by atoms with van der Waals surface area (Å²) in [6.07, 6.45) is -1.01. The van der Waals surface area contributed by atoms with Crippen molar-refractivity contribution in [2.75, 3.05) is 12.4 Å². The third-order valence-corrected chi connectivity index (χ3v) is 7.29. The van der Waals surface area contributed by atoms with Crippen molar-refractivity contribution in [2.45, 2.75) is 63.3 Å². The molecule has 0 aromatic heterocycles. The number of hydrogen-bond donors (Lipinski definition) is 3. The van der Waals surface area contributed by atoms with Crippen molar-refractivity contribution in [3.05, 3.63) is 59.7 Å². The number of fused-ring (bicyclic) bond motifs is 3. The van der Waals surface area contributed by atoms with E-state index in [9.17, 15) is 14.4 Å². The third-order valence-electron chi connectivity index (χ3n) is 5.75. The second-order valence-corrected chi connectivity index (χ2v) is 11.6. The molecule has 2 aromatic rings. The molecule has 0 heterocycles. The lowest BCUT2D eigenvalue weighted by Crippen LogP contribution is -2.50. The smallest absolute Gasteiger partial charge is 0.407 e. The van der Waals surface area contributed by atoms with Crippen molar-refractivity contribution >= 4 is 29.7 Å². The van der Waals surface area contributed by atoms with Crippen LogP contribution in [-0.2, 0) is 14.3 Å². The van der Waals surface area contributed by atoms with Crippen LogP contribution in [-0.4, -0.2) is 52.3 Å². The van der Waals surface area contributed by atoms with E-state index < -0.39 is 24.0 Å². The van der Waals surface area contributed by atoms with Crippen molar-refractivity contribution in [1.29, 1.82) is 0 Å². The molecule has 2 aromatic carbocycles. The van der Waals surface area contributed by atoms with E-state index in [1.807, 2.05) is 43.3 Å². The van der Waals surface area contributed by atoms with Crippen molar-refractivity contribution < 1.29 is 24.2 Å². The molecule has 188 valence electrons. The van der Waals surface area contributed by atoms with Gasteiger partial charge in [-0.2, -0.15) is 11.8 Å².